The molecular weight excluding hydrogens is 184 g/mol. The molecule has 0 aliphatic rings. The molecule has 0 fully saturated rings. The SMILES string of the molecule is N/C(CNC(=O)c1ccccn1)=N\O. The van der Waals surface area contributed by atoms with Gasteiger partial charge in [-0.2, -0.15) is 0 Å². The van der Waals surface area contributed by atoms with Gasteiger partial charge in [-0.1, -0.05) is 11.2 Å². The summed E-state index contributed by atoms with van der Waals surface area (Å²) in [4.78, 5) is 15.1. The number of pyridine rings is 1. The maximum Gasteiger partial charge on any atom is 0.270 e. The van der Waals surface area contributed by atoms with Crippen molar-refractivity contribution in [2.24, 2.45) is 10.9 Å². The summed E-state index contributed by atoms with van der Waals surface area (Å²) >= 11 is 0. The van der Waals surface area contributed by atoms with Gasteiger partial charge >= 0.3 is 0 Å². The molecule has 1 aromatic rings. The Balaban J connectivity index is 2.52. The predicted molar refractivity (Wildman–Crippen MR) is 50.0 cm³/mol. The van der Waals surface area contributed by atoms with E-state index in [1.54, 1.807) is 18.2 Å². The van der Waals surface area contributed by atoms with E-state index in [2.05, 4.69) is 15.5 Å². The van der Waals surface area contributed by atoms with Gasteiger partial charge in [-0.05, 0) is 12.1 Å². The molecule has 6 nitrogen and oxygen atoms in total. The molecule has 4 N–H and O–H groups in total. The highest BCUT2D eigenvalue weighted by atomic mass is 16.4. The molecule has 14 heavy (non-hydrogen) atoms. The molecule has 0 spiro atoms. The van der Waals surface area contributed by atoms with E-state index in [-0.39, 0.29) is 18.3 Å². The number of aromatic nitrogens is 1. The largest absolute Gasteiger partial charge is 0.409 e. The quantitative estimate of drug-likeness (QED) is 0.263. The van der Waals surface area contributed by atoms with E-state index >= 15 is 0 Å². The minimum Gasteiger partial charge on any atom is -0.409 e. The standard InChI is InChI=1S/C8H10N4O2/c9-7(12-14)5-11-8(13)6-3-1-2-4-10-6/h1-4,14H,5H2,(H2,9,12)(H,11,13). The summed E-state index contributed by atoms with van der Waals surface area (Å²) in [5, 5.41) is 13.4. The van der Waals surface area contributed by atoms with E-state index in [0.29, 0.717) is 5.69 Å². The maximum absolute atomic E-state index is 11.3. The Bertz CT molecular complexity index is 336. The van der Waals surface area contributed by atoms with E-state index < -0.39 is 0 Å². The van der Waals surface area contributed by atoms with Crippen molar-refractivity contribution in [3.63, 3.8) is 0 Å². The van der Waals surface area contributed by atoms with Crippen molar-refractivity contribution in [2.75, 3.05) is 6.54 Å². The van der Waals surface area contributed by atoms with Crippen LogP contribution in [0.5, 0.6) is 0 Å². The third-order valence-electron chi connectivity index (χ3n) is 1.46. The molecule has 1 aromatic heterocycles. The van der Waals surface area contributed by atoms with Crippen LogP contribution < -0.4 is 11.1 Å². The second kappa shape index (κ2) is 4.80. The number of amidine groups is 1. The molecule has 0 saturated heterocycles. The van der Waals surface area contributed by atoms with Gasteiger partial charge in [0.15, 0.2) is 5.84 Å². The second-order valence-electron chi connectivity index (χ2n) is 2.49. The van der Waals surface area contributed by atoms with Gasteiger partial charge in [0.25, 0.3) is 5.91 Å². The maximum atomic E-state index is 11.3. The summed E-state index contributed by atoms with van der Waals surface area (Å²) in [6.07, 6.45) is 1.51. The number of amides is 1. The van der Waals surface area contributed by atoms with Crippen molar-refractivity contribution in [2.45, 2.75) is 0 Å². The summed E-state index contributed by atoms with van der Waals surface area (Å²) in [5.41, 5.74) is 5.45. The van der Waals surface area contributed by atoms with Gasteiger partial charge < -0.3 is 16.3 Å². The first-order chi connectivity index (χ1) is 6.74. The number of oxime groups is 1. The first kappa shape index (κ1) is 9.97. The van der Waals surface area contributed by atoms with Gasteiger partial charge in [0.2, 0.25) is 0 Å². The van der Waals surface area contributed by atoms with Crippen molar-refractivity contribution in [1.29, 1.82) is 0 Å². The van der Waals surface area contributed by atoms with Gasteiger partial charge in [-0.25, -0.2) is 0 Å². The predicted octanol–water partition coefficient (Wildman–Crippen LogP) is -0.442. The van der Waals surface area contributed by atoms with Crippen LogP contribution in [-0.4, -0.2) is 28.5 Å². The second-order valence-corrected chi connectivity index (χ2v) is 2.49. The fourth-order valence-electron chi connectivity index (χ4n) is 0.794. The lowest BCUT2D eigenvalue weighted by atomic mass is 10.3. The van der Waals surface area contributed by atoms with E-state index in [1.165, 1.54) is 6.20 Å². The highest BCUT2D eigenvalue weighted by molar-refractivity contribution is 5.95. The van der Waals surface area contributed by atoms with Gasteiger partial charge in [0.1, 0.15) is 5.69 Å². The van der Waals surface area contributed by atoms with Gasteiger partial charge in [-0.3, -0.25) is 9.78 Å². The Morgan fingerprint density at radius 2 is 2.43 bits per heavy atom. The van der Waals surface area contributed by atoms with Crippen LogP contribution >= 0.6 is 0 Å². The number of nitrogens with one attached hydrogen (secondary N) is 1. The van der Waals surface area contributed by atoms with Gasteiger partial charge in [-0.15, -0.1) is 0 Å². The van der Waals surface area contributed by atoms with Crippen molar-refractivity contribution < 1.29 is 10.0 Å². The Kier molecular flexibility index (Phi) is 3.42. The zero-order valence-electron chi connectivity index (χ0n) is 7.34. The Morgan fingerprint density at radius 3 is 3.00 bits per heavy atom. The monoisotopic (exact) mass is 194 g/mol. The topological polar surface area (TPSA) is 101 Å². The molecule has 0 aliphatic carbocycles. The molecule has 6 heteroatoms. The minimum absolute atomic E-state index is 0.00803. The van der Waals surface area contributed by atoms with Crippen LogP contribution in [-0.2, 0) is 0 Å². The molecule has 1 heterocycles. The molecule has 0 bridgehead atoms. The number of hydrogen-bond acceptors (Lipinski definition) is 4. The average molecular weight is 194 g/mol. The first-order valence-corrected chi connectivity index (χ1v) is 3.89. The fraction of sp³-hybridized carbons (Fsp3) is 0.125. The van der Waals surface area contributed by atoms with E-state index in [9.17, 15) is 4.79 Å². The van der Waals surface area contributed by atoms with Gasteiger partial charge in [0.05, 0.1) is 6.54 Å². The summed E-state index contributed by atoms with van der Waals surface area (Å²) < 4.78 is 0. The molecule has 0 radical (unpaired) electrons. The molecule has 0 aromatic carbocycles. The molecule has 74 valence electrons. The number of carbonyl (C=O) groups is 1. The fourth-order valence-corrected chi connectivity index (χ4v) is 0.794. The average Bonchev–Trinajstić information content (AvgIpc) is 2.26. The van der Waals surface area contributed by atoms with E-state index in [4.69, 9.17) is 10.9 Å². The van der Waals surface area contributed by atoms with Gasteiger partial charge in [0, 0.05) is 6.20 Å². The molecule has 1 amide bonds. The van der Waals surface area contributed by atoms with Crippen LogP contribution in [0.15, 0.2) is 29.6 Å². The van der Waals surface area contributed by atoms with Crippen molar-refractivity contribution >= 4 is 11.7 Å². The lowest BCUT2D eigenvalue weighted by Gasteiger charge is -2.02. The highest BCUT2D eigenvalue weighted by Gasteiger charge is 2.05. The first-order valence-electron chi connectivity index (χ1n) is 3.89. The lowest BCUT2D eigenvalue weighted by molar-refractivity contribution is 0.0954. The van der Waals surface area contributed by atoms with Crippen molar-refractivity contribution in [3.8, 4) is 0 Å². The third kappa shape index (κ3) is 2.74. The number of hydrogen-bond donors (Lipinski definition) is 3. The normalized spacial score (nSPS) is 11.0. The summed E-state index contributed by atoms with van der Waals surface area (Å²) in [6, 6.07) is 4.98. The van der Waals surface area contributed by atoms with Crippen LogP contribution in [0, 0.1) is 0 Å². The van der Waals surface area contributed by atoms with Crippen LogP contribution in [0.4, 0.5) is 0 Å². The van der Waals surface area contributed by atoms with E-state index in [0.717, 1.165) is 0 Å². The molecule has 0 aliphatic heterocycles. The molecule has 0 atom stereocenters. The van der Waals surface area contributed by atoms with Crippen molar-refractivity contribution in [3.05, 3.63) is 30.1 Å². The number of rotatable bonds is 3. The molecule has 0 unspecified atom stereocenters. The highest BCUT2D eigenvalue weighted by Crippen LogP contribution is 1.91. The zero-order chi connectivity index (χ0) is 10.4. The summed E-state index contributed by atoms with van der Waals surface area (Å²) in [7, 11) is 0. The lowest BCUT2D eigenvalue weighted by Crippen LogP contribution is -2.33. The Hall–Kier alpha value is -2.11. The smallest absolute Gasteiger partial charge is 0.270 e. The van der Waals surface area contributed by atoms with Crippen LogP contribution in [0.1, 0.15) is 10.5 Å². The van der Waals surface area contributed by atoms with E-state index in [1.807, 2.05) is 0 Å². The van der Waals surface area contributed by atoms with Crippen LogP contribution in [0.2, 0.25) is 0 Å². The summed E-state index contributed by atoms with van der Waals surface area (Å²) in [5.74, 6) is -0.425. The zero-order valence-corrected chi connectivity index (χ0v) is 7.34. The molecule has 0 saturated carbocycles. The van der Waals surface area contributed by atoms with Crippen LogP contribution in [0.25, 0.3) is 0 Å². The number of carbonyl (C=O) groups excluding carboxylic acids is 1. The molecular formula is C8H10N4O2. The number of nitrogens with two attached hydrogens (primary N) is 1. The van der Waals surface area contributed by atoms with Crippen LogP contribution in [0.3, 0.4) is 0 Å². The van der Waals surface area contributed by atoms with Crippen molar-refractivity contribution in [1.82, 2.24) is 10.3 Å². The Labute approximate surface area is 80.4 Å². The minimum atomic E-state index is -0.364. The summed E-state index contributed by atoms with van der Waals surface area (Å²) in [6.45, 7) is -0.00803. The Morgan fingerprint density at radius 1 is 1.64 bits per heavy atom. The molecule has 1 rings (SSSR count). The number of nitrogens with zero attached hydrogens (tertiary/aromatic N) is 2. The third-order valence-corrected chi connectivity index (χ3v) is 1.46.